The summed E-state index contributed by atoms with van der Waals surface area (Å²) >= 11 is 0. The third kappa shape index (κ3) is 1.79. The molecule has 0 saturated carbocycles. The second kappa shape index (κ2) is 4.24. The van der Waals surface area contributed by atoms with Crippen LogP contribution in [0.2, 0.25) is 0 Å². The number of azide groups is 1. The second-order valence-corrected chi connectivity index (χ2v) is 3.55. The Bertz CT molecular complexity index is 846. The molecule has 1 aromatic carbocycles. The zero-order valence-electron chi connectivity index (χ0n) is 9.31. The van der Waals surface area contributed by atoms with Crippen molar-refractivity contribution in [3.63, 3.8) is 0 Å². The average Bonchev–Trinajstić information content (AvgIpc) is 2.94. The van der Waals surface area contributed by atoms with Gasteiger partial charge < -0.3 is 4.42 Å². The van der Waals surface area contributed by atoms with Crippen LogP contribution in [0.5, 0.6) is 0 Å². The summed E-state index contributed by atoms with van der Waals surface area (Å²) in [4.78, 5) is 14.7. The fraction of sp³-hybridized carbons (Fsp3) is 0. The Hall–Kier alpha value is -3.19. The first-order valence-electron chi connectivity index (χ1n) is 5.15. The molecule has 0 aliphatic heterocycles. The number of hydrogen-bond donors (Lipinski definition) is 1. The smallest absolute Gasteiger partial charge is 0.239 e. The first-order chi connectivity index (χ1) is 9.29. The molecule has 0 bridgehead atoms. The molecule has 3 aromatic rings. The van der Waals surface area contributed by atoms with Crippen LogP contribution >= 0.6 is 0 Å². The normalized spacial score (nSPS) is 10.3. The number of para-hydroxylation sites is 1. The maximum absolute atomic E-state index is 12.0. The monoisotopic (exact) mass is 255 g/mol. The number of H-pyrrole nitrogens is 1. The van der Waals surface area contributed by atoms with E-state index in [9.17, 15) is 4.79 Å². The van der Waals surface area contributed by atoms with Gasteiger partial charge in [0.1, 0.15) is 5.58 Å². The van der Waals surface area contributed by atoms with Gasteiger partial charge in [-0.25, -0.2) is 0 Å². The van der Waals surface area contributed by atoms with Gasteiger partial charge in [0.2, 0.25) is 5.82 Å². The zero-order chi connectivity index (χ0) is 13.2. The fourth-order valence-corrected chi connectivity index (χ4v) is 1.67. The van der Waals surface area contributed by atoms with Gasteiger partial charge in [0.25, 0.3) is 0 Å². The summed E-state index contributed by atoms with van der Waals surface area (Å²) in [5, 5.41) is 16.9. The summed E-state index contributed by atoms with van der Waals surface area (Å²) in [6.07, 6.45) is 0. The summed E-state index contributed by atoms with van der Waals surface area (Å²) in [6.45, 7) is 0. The Morgan fingerprint density at radius 1 is 1.42 bits per heavy atom. The molecule has 0 unspecified atom stereocenters. The van der Waals surface area contributed by atoms with E-state index in [4.69, 9.17) is 9.95 Å². The van der Waals surface area contributed by atoms with Crippen molar-refractivity contribution >= 4 is 16.7 Å². The number of aromatic amines is 1. The van der Waals surface area contributed by atoms with Crippen molar-refractivity contribution < 1.29 is 4.42 Å². The van der Waals surface area contributed by atoms with E-state index in [1.807, 2.05) is 0 Å². The standard InChI is InChI=1S/C10H5N7O2/c11-15-12-6-3-1-2-5-7(18)4-8(19-9(5)6)10-13-16-17-14-10/h1-4H,(H,13,14,16,17). The van der Waals surface area contributed by atoms with Crippen LogP contribution in [-0.4, -0.2) is 20.6 Å². The lowest BCUT2D eigenvalue weighted by atomic mass is 10.2. The van der Waals surface area contributed by atoms with E-state index in [0.717, 1.165) is 0 Å². The van der Waals surface area contributed by atoms with E-state index in [-0.39, 0.29) is 28.3 Å². The Morgan fingerprint density at radius 3 is 3.05 bits per heavy atom. The number of benzene rings is 1. The van der Waals surface area contributed by atoms with Gasteiger partial charge in [-0.1, -0.05) is 11.2 Å². The van der Waals surface area contributed by atoms with Gasteiger partial charge >= 0.3 is 0 Å². The minimum absolute atomic E-state index is 0.145. The molecule has 0 atom stereocenters. The molecule has 0 amide bonds. The van der Waals surface area contributed by atoms with Crippen molar-refractivity contribution in [1.82, 2.24) is 20.6 Å². The topological polar surface area (TPSA) is 133 Å². The molecule has 0 saturated heterocycles. The fourth-order valence-electron chi connectivity index (χ4n) is 1.67. The zero-order valence-corrected chi connectivity index (χ0v) is 9.31. The van der Waals surface area contributed by atoms with E-state index in [0.29, 0.717) is 5.39 Å². The highest BCUT2D eigenvalue weighted by molar-refractivity contribution is 5.87. The molecule has 2 aromatic heterocycles. The van der Waals surface area contributed by atoms with Gasteiger partial charge in [-0.15, -0.1) is 10.2 Å². The van der Waals surface area contributed by atoms with Crippen LogP contribution < -0.4 is 5.43 Å². The van der Waals surface area contributed by atoms with Crippen molar-refractivity contribution in [2.24, 2.45) is 5.11 Å². The number of nitrogens with zero attached hydrogens (tertiary/aromatic N) is 6. The van der Waals surface area contributed by atoms with Gasteiger partial charge in [0, 0.05) is 11.0 Å². The molecular weight excluding hydrogens is 250 g/mol. The van der Waals surface area contributed by atoms with Crippen LogP contribution in [-0.2, 0) is 0 Å². The van der Waals surface area contributed by atoms with Crippen LogP contribution in [0.4, 0.5) is 5.69 Å². The number of hydrogen-bond acceptors (Lipinski definition) is 6. The van der Waals surface area contributed by atoms with Crippen LogP contribution in [0.1, 0.15) is 0 Å². The lowest BCUT2D eigenvalue weighted by Gasteiger charge is -2.01. The molecule has 0 radical (unpaired) electrons. The first-order valence-corrected chi connectivity index (χ1v) is 5.15. The van der Waals surface area contributed by atoms with Crippen LogP contribution in [0.15, 0.2) is 38.6 Å². The maximum atomic E-state index is 12.0. The van der Waals surface area contributed by atoms with Crippen LogP contribution in [0.25, 0.3) is 33.0 Å². The summed E-state index contributed by atoms with van der Waals surface area (Å²) in [7, 11) is 0. The maximum Gasteiger partial charge on any atom is 0.239 e. The van der Waals surface area contributed by atoms with Gasteiger partial charge in [-0.3, -0.25) is 4.79 Å². The molecule has 9 heteroatoms. The molecule has 19 heavy (non-hydrogen) atoms. The van der Waals surface area contributed by atoms with Gasteiger partial charge in [-0.2, -0.15) is 5.21 Å². The third-order valence-electron chi connectivity index (χ3n) is 2.45. The Kier molecular flexibility index (Phi) is 2.44. The molecule has 3 rings (SSSR count). The number of aromatic nitrogens is 4. The minimum Gasteiger partial charge on any atom is -0.452 e. The van der Waals surface area contributed by atoms with E-state index >= 15 is 0 Å². The van der Waals surface area contributed by atoms with Crippen molar-refractivity contribution in [2.75, 3.05) is 0 Å². The summed E-state index contributed by atoms with van der Waals surface area (Å²) < 4.78 is 5.52. The lowest BCUT2D eigenvalue weighted by molar-refractivity contribution is 0.613. The van der Waals surface area contributed by atoms with Crippen LogP contribution in [0.3, 0.4) is 0 Å². The highest BCUT2D eigenvalue weighted by atomic mass is 16.3. The Balaban J connectivity index is 2.38. The predicted octanol–water partition coefficient (Wildman–Crippen LogP) is 1.91. The van der Waals surface area contributed by atoms with Crippen molar-refractivity contribution in [2.45, 2.75) is 0 Å². The van der Waals surface area contributed by atoms with E-state index in [1.165, 1.54) is 6.07 Å². The third-order valence-corrected chi connectivity index (χ3v) is 2.45. The van der Waals surface area contributed by atoms with Crippen molar-refractivity contribution in [1.29, 1.82) is 0 Å². The van der Waals surface area contributed by atoms with E-state index in [1.54, 1.807) is 18.2 Å². The minimum atomic E-state index is -0.281. The van der Waals surface area contributed by atoms with Crippen molar-refractivity contribution in [3.05, 3.63) is 44.9 Å². The first kappa shape index (κ1) is 10.9. The Labute approximate surface area is 104 Å². The van der Waals surface area contributed by atoms with Crippen LogP contribution in [0, 0.1) is 0 Å². The molecule has 0 fully saturated rings. The lowest BCUT2D eigenvalue weighted by Crippen LogP contribution is -2.00. The number of nitrogens with one attached hydrogen (secondary N) is 1. The summed E-state index contributed by atoms with van der Waals surface area (Å²) in [5.74, 6) is 0.293. The average molecular weight is 255 g/mol. The number of fused-ring (bicyclic) bond motifs is 1. The molecule has 9 nitrogen and oxygen atoms in total. The highest BCUT2D eigenvalue weighted by Gasteiger charge is 2.12. The molecule has 0 aliphatic rings. The van der Waals surface area contributed by atoms with Gasteiger partial charge in [-0.05, 0) is 22.9 Å². The van der Waals surface area contributed by atoms with E-state index < -0.39 is 0 Å². The van der Waals surface area contributed by atoms with Crippen molar-refractivity contribution in [3.8, 4) is 11.6 Å². The second-order valence-electron chi connectivity index (χ2n) is 3.55. The molecule has 92 valence electrons. The Morgan fingerprint density at radius 2 is 2.32 bits per heavy atom. The summed E-state index contributed by atoms with van der Waals surface area (Å²) in [5.41, 5.74) is 8.63. The highest BCUT2D eigenvalue weighted by Crippen LogP contribution is 2.27. The van der Waals surface area contributed by atoms with E-state index in [2.05, 4.69) is 30.7 Å². The van der Waals surface area contributed by atoms with Gasteiger partial charge in [0.15, 0.2) is 11.2 Å². The largest absolute Gasteiger partial charge is 0.452 e. The molecular formula is C10H5N7O2. The SMILES string of the molecule is [N-]=[N+]=Nc1cccc2c(=O)cc(-c3nn[nH]n3)oc12. The molecule has 0 spiro atoms. The molecule has 1 N–H and O–H groups in total. The quantitative estimate of drug-likeness (QED) is 0.424. The van der Waals surface area contributed by atoms with Gasteiger partial charge in [0.05, 0.1) is 11.1 Å². The molecule has 0 aliphatic carbocycles. The number of tetrazole rings is 1. The summed E-state index contributed by atoms with van der Waals surface area (Å²) in [6, 6.07) is 5.99. The molecule has 2 heterocycles. The number of rotatable bonds is 2. The predicted molar refractivity (Wildman–Crippen MR) is 64.5 cm³/mol.